The van der Waals surface area contributed by atoms with Crippen molar-refractivity contribution < 1.29 is 23.9 Å². The minimum Gasteiger partial charge on any atom is -0.466 e. The van der Waals surface area contributed by atoms with E-state index in [-0.39, 0.29) is 55.5 Å². The number of hydrogen-bond acceptors (Lipinski definition) is 5. The number of nitrogens with zero attached hydrogens (tertiary/aromatic N) is 2. The average Bonchev–Trinajstić information content (AvgIpc) is 2.74. The highest BCUT2D eigenvalue weighted by molar-refractivity contribution is 5.86. The van der Waals surface area contributed by atoms with E-state index in [2.05, 4.69) is 5.32 Å². The molecule has 1 aliphatic rings. The van der Waals surface area contributed by atoms with E-state index < -0.39 is 0 Å². The molecule has 8 heteroatoms. The van der Waals surface area contributed by atoms with E-state index in [4.69, 9.17) is 4.74 Å². The van der Waals surface area contributed by atoms with Crippen LogP contribution in [0.15, 0.2) is 30.3 Å². The van der Waals surface area contributed by atoms with Crippen molar-refractivity contribution in [3.05, 3.63) is 35.9 Å². The number of benzene rings is 1. The number of amides is 3. The minimum absolute atomic E-state index is 0.0493. The van der Waals surface area contributed by atoms with Gasteiger partial charge in [-0.05, 0) is 25.3 Å². The zero-order valence-corrected chi connectivity index (χ0v) is 17.8. The van der Waals surface area contributed by atoms with E-state index in [1.165, 1.54) is 4.90 Å². The van der Waals surface area contributed by atoms with Crippen molar-refractivity contribution in [3.8, 4) is 0 Å². The summed E-state index contributed by atoms with van der Waals surface area (Å²) in [7, 11) is 1.57. The van der Waals surface area contributed by atoms with Crippen LogP contribution < -0.4 is 5.32 Å². The lowest BCUT2D eigenvalue weighted by Gasteiger charge is -2.32. The molecule has 1 unspecified atom stereocenters. The second-order valence-electron chi connectivity index (χ2n) is 7.44. The van der Waals surface area contributed by atoms with E-state index >= 15 is 0 Å². The second kappa shape index (κ2) is 11.9. The average molecular weight is 418 g/mol. The lowest BCUT2D eigenvalue weighted by molar-refractivity contribution is -0.152. The number of carbonyl (C=O) groups excluding carboxylic acids is 4. The van der Waals surface area contributed by atoms with Crippen LogP contribution in [0.1, 0.15) is 31.7 Å². The Hall–Kier alpha value is -2.90. The number of hydrogen-bond donors (Lipinski definition) is 1. The molecule has 1 saturated heterocycles. The Morgan fingerprint density at radius 3 is 2.63 bits per heavy atom. The summed E-state index contributed by atoms with van der Waals surface area (Å²) >= 11 is 0. The molecule has 0 aliphatic carbocycles. The smallest absolute Gasteiger partial charge is 0.310 e. The number of nitrogens with one attached hydrogen (secondary N) is 1. The van der Waals surface area contributed by atoms with E-state index in [9.17, 15) is 19.2 Å². The van der Waals surface area contributed by atoms with Gasteiger partial charge < -0.3 is 19.9 Å². The summed E-state index contributed by atoms with van der Waals surface area (Å²) in [5.41, 5.74) is 0.909. The molecule has 0 bridgehead atoms. The molecule has 1 atom stereocenters. The van der Waals surface area contributed by atoms with Gasteiger partial charge in [0.1, 0.15) is 0 Å². The predicted molar refractivity (Wildman–Crippen MR) is 111 cm³/mol. The number of rotatable bonds is 9. The van der Waals surface area contributed by atoms with Crippen molar-refractivity contribution >= 4 is 23.7 Å². The van der Waals surface area contributed by atoms with Gasteiger partial charge in [0, 0.05) is 33.1 Å². The van der Waals surface area contributed by atoms with E-state index in [1.54, 1.807) is 18.9 Å². The van der Waals surface area contributed by atoms with Gasteiger partial charge in [-0.3, -0.25) is 19.2 Å². The first kappa shape index (κ1) is 23.4. The molecular weight excluding hydrogens is 386 g/mol. The number of likely N-dealkylation sites (tertiary alicyclic amines) is 1. The predicted octanol–water partition coefficient (Wildman–Crippen LogP) is 0.996. The molecule has 1 heterocycles. The molecule has 164 valence electrons. The van der Waals surface area contributed by atoms with Crippen molar-refractivity contribution in [1.82, 2.24) is 15.1 Å². The highest BCUT2D eigenvalue weighted by Gasteiger charge is 2.30. The summed E-state index contributed by atoms with van der Waals surface area (Å²) in [5, 5.41) is 2.73. The topological polar surface area (TPSA) is 96.0 Å². The highest BCUT2D eigenvalue weighted by Crippen LogP contribution is 2.18. The van der Waals surface area contributed by atoms with Crippen molar-refractivity contribution in [2.45, 2.75) is 32.6 Å². The van der Waals surface area contributed by atoms with Crippen LogP contribution in [-0.4, -0.2) is 73.3 Å². The third-order valence-corrected chi connectivity index (χ3v) is 5.06. The molecule has 8 nitrogen and oxygen atoms in total. The van der Waals surface area contributed by atoms with Gasteiger partial charge in [0.25, 0.3) is 0 Å². The summed E-state index contributed by atoms with van der Waals surface area (Å²) < 4.78 is 5.05. The molecule has 0 spiro atoms. The normalized spacial score (nSPS) is 15.9. The summed E-state index contributed by atoms with van der Waals surface area (Å²) in [5.74, 6) is -1.13. The lowest BCUT2D eigenvalue weighted by atomic mass is 9.98. The van der Waals surface area contributed by atoms with Gasteiger partial charge in [0.2, 0.25) is 17.7 Å². The van der Waals surface area contributed by atoms with E-state index in [0.29, 0.717) is 26.1 Å². The van der Waals surface area contributed by atoms with Crippen LogP contribution >= 0.6 is 0 Å². The molecule has 3 amide bonds. The SMILES string of the molecule is CCOC(=O)C1CCCN(C(=O)CN(C)C(=O)CCNC(=O)Cc2ccccc2)C1. The molecule has 1 aromatic carbocycles. The largest absolute Gasteiger partial charge is 0.466 e. The maximum Gasteiger partial charge on any atom is 0.310 e. The Kier molecular flexibility index (Phi) is 9.31. The number of likely N-dealkylation sites (N-methyl/N-ethyl adjacent to an activating group) is 1. The highest BCUT2D eigenvalue weighted by atomic mass is 16.5. The van der Waals surface area contributed by atoms with Crippen molar-refractivity contribution in [2.24, 2.45) is 5.92 Å². The third kappa shape index (κ3) is 7.50. The molecule has 0 saturated carbocycles. The molecule has 1 aliphatic heterocycles. The molecule has 1 N–H and O–H groups in total. The molecule has 1 aromatic rings. The second-order valence-corrected chi connectivity index (χ2v) is 7.44. The van der Waals surface area contributed by atoms with Crippen molar-refractivity contribution in [3.63, 3.8) is 0 Å². The fraction of sp³-hybridized carbons (Fsp3) is 0.545. The quantitative estimate of drug-likeness (QED) is 0.605. The van der Waals surface area contributed by atoms with Gasteiger partial charge in [-0.25, -0.2) is 0 Å². The first-order chi connectivity index (χ1) is 14.4. The first-order valence-electron chi connectivity index (χ1n) is 10.4. The standard InChI is InChI=1S/C22H31N3O5/c1-3-30-22(29)18-10-7-13-25(15-18)21(28)16-24(2)20(27)11-12-23-19(26)14-17-8-5-4-6-9-17/h4-6,8-9,18H,3,7,10-16H2,1-2H3,(H,23,26). The Balaban J connectivity index is 1.70. The van der Waals surface area contributed by atoms with Crippen LogP contribution in [0.2, 0.25) is 0 Å². The van der Waals surface area contributed by atoms with Crippen LogP contribution in [0.4, 0.5) is 0 Å². The van der Waals surface area contributed by atoms with Gasteiger partial charge in [-0.1, -0.05) is 30.3 Å². The van der Waals surface area contributed by atoms with Crippen LogP contribution in [0.25, 0.3) is 0 Å². The Morgan fingerprint density at radius 1 is 1.20 bits per heavy atom. The monoisotopic (exact) mass is 417 g/mol. The summed E-state index contributed by atoms with van der Waals surface area (Å²) in [6, 6.07) is 9.37. The number of carbonyl (C=O) groups is 4. The van der Waals surface area contributed by atoms with Gasteiger partial charge in [0.15, 0.2) is 0 Å². The Morgan fingerprint density at radius 2 is 1.93 bits per heavy atom. The Bertz CT molecular complexity index is 738. The molecule has 1 fully saturated rings. The molecule has 30 heavy (non-hydrogen) atoms. The van der Waals surface area contributed by atoms with E-state index in [1.807, 2.05) is 30.3 Å². The fourth-order valence-corrected chi connectivity index (χ4v) is 3.39. The summed E-state index contributed by atoms with van der Waals surface area (Å²) in [4.78, 5) is 51.7. The third-order valence-electron chi connectivity index (χ3n) is 5.06. The van der Waals surface area contributed by atoms with Gasteiger partial charge in [-0.2, -0.15) is 0 Å². The lowest BCUT2D eigenvalue weighted by Crippen LogP contribution is -2.47. The number of piperidine rings is 1. The first-order valence-corrected chi connectivity index (χ1v) is 10.4. The van der Waals surface area contributed by atoms with Crippen LogP contribution in [0.5, 0.6) is 0 Å². The minimum atomic E-state index is -0.302. The van der Waals surface area contributed by atoms with Gasteiger partial charge in [0.05, 0.1) is 25.5 Å². The van der Waals surface area contributed by atoms with E-state index in [0.717, 1.165) is 12.0 Å². The number of esters is 1. The van der Waals surface area contributed by atoms with Crippen LogP contribution in [0, 0.1) is 5.92 Å². The van der Waals surface area contributed by atoms with Crippen molar-refractivity contribution in [2.75, 3.05) is 39.8 Å². The number of ether oxygens (including phenoxy) is 1. The summed E-state index contributed by atoms with van der Waals surface area (Å²) in [6.07, 6.45) is 1.83. The van der Waals surface area contributed by atoms with Crippen molar-refractivity contribution in [1.29, 1.82) is 0 Å². The maximum atomic E-state index is 12.5. The van der Waals surface area contributed by atoms with Gasteiger partial charge in [-0.15, -0.1) is 0 Å². The Labute approximate surface area is 177 Å². The van der Waals surface area contributed by atoms with Crippen LogP contribution in [0.3, 0.4) is 0 Å². The fourth-order valence-electron chi connectivity index (χ4n) is 3.39. The maximum absolute atomic E-state index is 12.5. The zero-order chi connectivity index (χ0) is 21.9. The molecular formula is C22H31N3O5. The van der Waals surface area contributed by atoms with Crippen LogP contribution in [-0.2, 0) is 30.3 Å². The van der Waals surface area contributed by atoms with Gasteiger partial charge >= 0.3 is 5.97 Å². The zero-order valence-electron chi connectivity index (χ0n) is 17.8. The summed E-state index contributed by atoms with van der Waals surface area (Å²) in [6.45, 7) is 3.16. The molecule has 0 aromatic heterocycles. The molecule has 2 rings (SSSR count). The molecule has 0 radical (unpaired) electrons.